The molecule has 1 aromatic carbocycles. The molecule has 0 bridgehead atoms. The lowest BCUT2D eigenvalue weighted by Gasteiger charge is -2.39. The standard InChI is InChI=1S/C14H19N3O3S/c1-14(2)13(18)16-7-8-17(14)21(19,20)11-4-3-10-5-6-15-12(10)9-11/h3-4,9,15H,5-8H2,1-2H3,(H,16,18). The molecule has 1 amide bonds. The summed E-state index contributed by atoms with van der Waals surface area (Å²) in [5, 5.41) is 5.89. The molecular formula is C14H19N3O3S. The summed E-state index contributed by atoms with van der Waals surface area (Å²) in [6.07, 6.45) is 0.910. The van der Waals surface area contributed by atoms with E-state index in [2.05, 4.69) is 10.6 Å². The fourth-order valence-corrected chi connectivity index (χ4v) is 4.64. The van der Waals surface area contributed by atoms with Crippen LogP contribution in [0.15, 0.2) is 23.1 Å². The molecule has 2 aliphatic heterocycles. The summed E-state index contributed by atoms with van der Waals surface area (Å²) >= 11 is 0. The topological polar surface area (TPSA) is 78.5 Å². The Bertz CT molecular complexity index is 697. The normalized spacial score (nSPS) is 21.5. The number of rotatable bonds is 2. The monoisotopic (exact) mass is 309 g/mol. The Morgan fingerprint density at radius 2 is 1.95 bits per heavy atom. The Balaban J connectivity index is 2.02. The molecule has 2 heterocycles. The number of nitrogens with one attached hydrogen (secondary N) is 2. The first-order valence-electron chi connectivity index (χ1n) is 7.01. The number of anilines is 1. The van der Waals surface area contributed by atoms with Crippen LogP contribution in [0.4, 0.5) is 5.69 Å². The molecule has 21 heavy (non-hydrogen) atoms. The molecule has 7 heteroatoms. The van der Waals surface area contributed by atoms with Crippen molar-refractivity contribution >= 4 is 21.6 Å². The van der Waals surface area contributed by atoms with Crippen molar-refractivity contribution in [1.82, 2.24) is 9.62 Å². The lowest BCUT2D eigenvalue weighted by atomic mass is 10.0. The van der Waals surface area contributed by atoms with Crippen LogP contribution >= 0.6 is 0 Å². The molecule has 1 fully saturated rings. The molecule has 3 rings (SSSR count). The first kappa shape index (κ1) is 14.3. The number of hydrogen-bond acceptors (Lipinski definition) is 4. The zero-order valence-electron chi connectivity index (χ0n) is 12.1. The van der Waals surface area contributed by atoms with Gasteiger partial charge in [-0.25, -0.2) is 8.42 Å². The van der Waals surface area contributed by atoms with Gasteiger partial charge in [-0.05, 0) is 38.0 Å². The predicted octanol–water partition coefficient (Wildman–Crippen LogP) is 0.554. The first-order valence-corrected chi connectivity index (χ1v) is 8.45. The largest absolute Gasteiger partial charge is 0.384 e. The van der Waals surface area contributed by atoms with Crippen LogP contribution in [0.1, 0.15) is 19.4 Å². The number of sulfonamides is 1. The van der Waals surface area contributed by atoms with Crippen LogP contribution < -0.4 is 10.6 Å². The maximum absolute atomic E-state index is 12.9. The Hall–Kier alpha value is -1.60. The smallest absolute Gasteiger partial charge is 0.244 e. The number of piperazine rings is 1. The summed E-state index contributed by atoms with van der Waals surface area (Å²) in [5.74, 6) is -0.267. The van der Waals surface area contributed by atoms with Crippen LogP contribution in [0.25, 0.3) is 0 Å². The number of carbonyl (C=O) groups is 1. The summed E-state index contributed by atoms with van der Waals surface area (Å²) in [6, 6.07) is 5.14. The number of nitrogens with zero attached hydrogens (tertiary/aromatic N) is 1. The van der Waals surface area contributed by atoms with E-state index in [0.717, 1.165) is 24.2 Å². The van der Waals surface area contributed by atoms with Crippen LogP contribution in [0.3, 0.4) is 0 Å². The molecule has 1 saturated heterocycles. The molecule has 1 aromatic rings. The van der Waals surface area contributed by atoms with Crippen molar-refractivity contribution in [3.8, 4) is 0 Å². The average molecular weight is 309 g/mol. The second-order valence-electron chi connectivity index (χ2n) is 5.89. The van der Waals surface area contributed by atoms with Gasteiger partial charge in [0.25, 0.3) is 0 Å². The number of fused-ring (bicyclic) bond motifs is 1. The third-order valence-corrected chi connectivity index (χ3v) is 6.23. The van der Waals surface area contributed by atoms with Crippen molar-refractivity contribution in [1.29, 1.82) is 0 Å². The molecular weight excluding hydrogens is 290 g/mol. The minimum Gasteiger partial charge on any atom is -0.384 e. The Morgan fingerprint density at radius 3 is 2.71 bits per heavy atom. The Kier molecular flexibility index (Phi) is 3.22. The zero-order chi connectivity index (χ0) is 15.3. The van der Waals surface area contributed by atoms with E-state index in [4.69, 9.17) is 0 Å². The van der Waals surface area contributed by atoms with E-state index in [9.17, 15) is 13.2 Å². The van der Waals surface area contributed by atoms with Gasteiger partial charge < -0.3 is 10.6 Å². The molecule has 114 valence electrons. The number of amides is 1. The van der Waals surface area contributed by atoms with Gasteiger partial charge in [-0.15, -0.1) is 0 Å². The second-order valence-corrected chi connectivity index (χ2v) is 7.75. The van der Waals surface area contributed by atoms with Gasteiger partial charge in [0.05, 0.1) is 4.90 Å². The van der Waals surface area contributed by atoms with Crippen molar-refractivity contribution in [2.24, 2.45) is 0 Å². The van der Waals surface area contributed by atoms with Gasteiger partial charge in [0.1, 0.15) is 5.54 Å². The molecule has 0 radical (unpaired) electrons. The van der Waals surface area contributed by atoms with Crippen LogP contribution in [-0.4, -0.2) is 43.8 Å². The minimum atomic E-state index is -3.69. The van der Waals surface area contributed by atoms with Gasteiger partial charge in [0.15, 0.2) is 0 Å². The SMILES string of the molecule is CC1(C)C(=O)NCCN1S(=O)(=O)c1ccc2c(c1)NCC2. The summed E-state index contributed by atoms with van der Waals surface area (Å²) in [4.78, 5) is 12.2. The molecule has 2 N–H and O–H groups in total. The summed E-state index contributed by atoms with van der Waals surface area (Å²) in [5.41, 5.74) is 0.920. The van der Waals surface area contributed by atoms with Gasteiger partial charge in [-0.1, -0.05) is 6.07 Å². The highest BCUT2D eigenvalue weighted by molar-refractivity contribution is 7.89. The van der Waals surface area contributed by atoms with E-state index in [1.807, 2.05) is 6.07 Å². The van der Waals surface area contributed by atoms with Gasteiger partial charge in [-0.2, -0.15) is 4.31 Å². The van der Waals surface area contributed by atoms with Gasteiger partial charge >= 0.3 is 0 Å². The van der Waals surface area contributed by atoms with Gasteiger partial charge in [0, 0.05) is 25.3 Å². The second kappa shape index (κ2) is 4.71. The lowest BCUT2D eigenvalue weighted by molar-refractivity contribution is -0.131. The zero-order valence-corrected chi connectivity index (χ0v) is 13.0. The van der Waals surface area contributed by atoms with E-state index in [0.29, 0.717) is 6.54 Å². The average Bonchev–Trinajstić information content (AvgIpc) is 2.88. The van der Waals surface area contributed by atoms with Crippen molar-refractivity contribution < 1.29 is 13.2 Å². The summed E-state index contributed by atoms with van der Waals surface area (Å²) in [6.45, 7) is 4.71. The highest BCUT2D eigenvalue weighted by Gasteiger charge is 2.45. The number of benzene rings is 1. The molecule has 0 atom stereocenters. The highest BCUT2D eigenvalue weighted by atomic mass is 32.2. The summed E-state index contributed by atoms with van der Waals surface area (Å²) in [7, 11) is -3.69. The molecule has 2 aliphatic rings. The van der Waals surface area contributed by atoms with Crippen molar-refractivity contribution in [3.05, 3.63) is 23.8 Å². The third kappa shape index (κ3) is 2.20. The van der Waals surface area contributed by atoms with Crippen LogP contribution in [-0.2, 0) is 21.2 Å². The fraction of sp³-hybridized carbons (Fsp3) is 0.500. The third-order valence-electron chi connectivity index (χ3n) is 4.16. The first-order chi connectivity index (χ1) is 9.83. The molecule has 0 spiro atoms. The van der Waals surface area contributed by atoms with E-state index in [-0.39, 0.29) is 17.3 Å². The van der Waals surface area contributed by atoms with Crippen molar-refractivity contribution in [2.75, 3.05) is 25.0 Å². The maximum Gasteiger partial charge on any atom is 0.244 e. The molecule has 0 unspecified atom stereocenters. The molecule has 0 aromatic heterocycles. The Morgan fingerprint density at radius 1 is 1.19 bits per heavy atom. The summed E-state index contributed by atoms with van der Waals surface area (Å²) < 4.78 is 27.0. The van der Waals surface area contributed by atoms with Crippen LogP contribution in [0.2, 0.25) is 0 Å². The number of hydrogen-bond donors (Lipinski definition) is 2. The predicted molar refractivity (Wildman–Crippen MR) is 79.6 cm³/mol. The van der Waals surface area contributed by atoms with Crippen molar-refractivity contribution in [2.45, 2.75) is 30.7 Å². The van der Waals surface area contributed by atoms with Crippen molar-refractivity contribution in [3.63, 3.8) is 0 Å². The Labute approximate surface area is 124 Å². The minimum absolute atomic E-state index is 0.235. The molecule has 6 nitrogen and oxygen atoms in total. The lowest BCUT2D eigenvalue weighted by Crippen LogP contribution is -2.63. The highest BCUT2D eigenvalue weighted by Crippen LogP contribution is 2.30. The van der Waals surface area contributed by atoms with E-state index in [1.165, 1.54) is 4.31 Å². The van der Waals surface area contributed by atoms with E-state index in [1.54, 1.807) is 26.0 Å². The van der Waals surface area contributed by atoms with E-state index < -0.39 is 15.6 Å². The van der Waals surface area contributed by atoms with E-state index >= 15 is 0 Å². The quantitative estimate of drug-likeness (QED) is 0.836. The maximum atomic E-state index is 12.9. The van der Waals surface area contributed by atoms with Gasteiger partial charge in [-0.3, -0.25) is 4.79 Å². The number of carbonyl (C=O) groups excluding carboxylic acids is 1. The molecule has 0 saturated carbocycles. The fourth-order valence-electron chi connectivity index (χ4n) is 2.86. The van der Waals surface area contributed by atoms with Crippen LogP contribution in [0.5, 0.6) is 0 Å². The van der Waals surface area contributed by atoms with Gasteiger partial charge in [0.2, 0.25) is 15.9 Å². The van der Waals surface area contributed by atoms with Crippen LogP contribution in [0, 0.1) is 0 Å². The molecule has 0 aliphatic carbocycles.